The molecule has 4 nitrogen and oxygen atoms in total. The third-order valence-electron chi connectivity index (χ3n) is 4.80. The first-order valence-corrected chi connectivity index (χ1v) is 9.55. The van der Waals surface area contributed by atoms with Crippen molar-refractivity contribution in [1.82, 2.24) is 0 Å². The van der Waals surface area contributed by atoms with Crippen LogP contribution >= 0.6 is 0 Å². The van der Waals surface area contributed by atoms with Crippen LogP contribution in [-0.4, -0.2) is 24.7 Å². The predicted octanol–water partition coefficient (Wildman–Crippen LogP) is 4.95. The summed E-state index contributed by atoms with van der Waals surface area (Å²) >= 11 is 0. The Labute approximate surface area is 152 Å². The molecule has 0 unspecified atom stereocenters. The lowest BCUT2D eigenvalue weighted by molar-refractivity contribution is -0.147. The van der Waals surface area contributed by atoms with Crippen LogP contribution in [0.3, 0.4) is 0 Å². The maximum atomic E-state index is 13.0. The fraction of sp³-hybridized carbons (Fsp3) is 0.667. The number of anilines is 1. The van der Waals surface area contributed by atoms with Crippen LogP contribution in [0.4, 0.5) is 5.69 Å². The van der Waals surface area contributed by atoms with Gasteiger partial charge in [-0.1, -0.05) is 27.2 Å². The van der Waals surface area contributed by atoms with E-state index in [9.17, 15) is 4.79 Å². The van der Waals surface area contributed by atoms with Crippen molar-refractivity contribution in [1.29, 1.82) is 0 Å². The van der Waals surface area contributed by atoms with Gasteiger partial charge in [0, 0.05) is 12.3 Å². The first-order chi connectivity index (χ1) is 11.9. The lowest BCUT2D eigenvalue weighted by atomic mass is 9.78. The van der Waals surface area contributed by atoms with Crippen molar-refractivity contribution in [2.45, 2.75) is 65.9 Å². The van der Waals surface area contributed by atoms with Gasteiger partial charge < -0.3 is 14.8 Å². The molecule has 0 aromatic heterocycles. The number of hydrogen-bond acceptors (Lipinski definition) is 3. The van der Waals surface area contributed by atoms with Gasteiger partial charge in [-0.25, -0.2) is 0 Å². The van der Waals surface area contributed by atoms with Crippen LogP contribution in [-0.2, 0) is 9.53 Å². The van der Waals surface area contributed by atoms with Crippen molar-refractivity contribution in [3.05, 3.63) is 23.8 Å². The molecule has 1 fully saturated rings. The van der Waals surface area contributed by atoms with E-state index in [2.05, 4.69) is 26.1 Å². The molecule has 0 bridgehead atoms. The molecule has 2 rings (SSSR count). The van der Waals surface area contributed by atoms with Gasteiger partial charge in [0.25, 0.3) is 5.91 Å². The molecule has 2 atom stereocenters. The molecule has 1 aliphatic carbocycles. The topological polar surface area (TPSA) is 47.6 Å². The van der Waals surface area contributed by atoms with Gasteiger partial charge in [-0.05, 0) is 68.7 Å². The normalized spacial score (nSPS) is 23.5. The zero-order valence-corrected chi connectivity index (χ0v) is 16.4. The molecule has 1 saturated carbocycles. The zero-order valence-electron chi connectivity index (χ0n) is 16.4. The molecular formula is C21H33NO3. The fourth-order valence-corrected chi connectivity index (χ4v) is 3.57. The summed E-state index contributed by atoms with van der Waals surface area (Å²) in [5.41, 5.74) is 1.14. The Morgan fingerprint density at radius 3 is 2.76 bits per heavy atom. The van der Waals surface area contributed by atoms with E-state index in [0.29, 0.717) is 25.0 Å². The number of nitrogens with one attached hydrogen (secondary N) is 1. The number of benzene rings is 1. The molecule has 0 saturated heterocycles. The number of aryl methyl sites for hydroxylation is 1. The molecule has 0 radical (unpaired) electrons. The van der Waals surface area contributed by atoms with Crippen LogP contribution in [0.1, 0.15) is 58.9 Å². The highest BCUT2D eigenvalue weighted by Gasteiger charge is 2.42. The summed E-state index contributed by atoms with van der Waals surface area (Å²) in [4.78, 5) is 13.0. The van der Waals surface area contributed by atoms with Gasteiger partial charge in [-0.3, -0.25) is 4.79 Å². The summed E-state index contributed by atoms with van der Waals surface area (Å²) in [7, 11) is 0. The number of carbonyl (C=O) groups excluding carboxylic acids is 1. The lowest BCUT2D eigenvalue weighted by Gasteiger charge is -2.38. The van der Waals surface area contributed by atoms with Crippen molar-refractivity contribution in [2.24, 2.45) is 11.8 Å². The van der Waals surface area contributed by atoms with E-state index in [1.165, 1.54) is 6.42 Å². The van der Waals surface area contributed by atoms with Gasteiger partial charge in [0.05, 0.1) is 6.61 Å². The quantitative estimate of drug-likeness (QED) is 0.759. The van der Waals surface area contributed by atoms with E-state index < -0.39 is 5.60 Å². The van der Waals surface area contributed by atoms with Gasteiger partial charge >= 0.3 is 0 Å². The maximum Gasteiger partial charge on any atom is 0.256 e. The molecule has 4 heteroatoms. The van der Waals surface area contributed by atoms with Crippen LogP contribution in [0.5, 0.6) is 5.75 Å². The molecule has 1 aromatic rings. The first-order valence-electron chi connectivity index (χ1n) is 9.55. The van der Waals surface area contributed by atoms with E-state index in [1.54, 1.807) is 0 Å². The van der Waals surface area contributed by atoms with Crippen molar-refractivity contribution in [3.8, 4) is 5.75 Å². The minimum absolute atomic E-state index is 0.0175. The molecular weight excluding hydrogens is 314 g/mol. The summed E-state index contributed by atoms with van der Waals surface area (Å²) in [5, 5.41) is 3.07. The summed E-state index contributed by atoms with van der Waals surface area (Å²) in [6, 6.07) is 5.82. The molecule has 1 aromatic carbocycles. The number of carbonyl (C=O) groups is 1. The second-order valence-electron chi connectivity index (χ2n) is 7.77. The molecule has 25 heavy (non-hydrogen) atoms. The van der Waals surface area contributed by atoms with Crippen molar-refractivity contribution in [2.75, 3.05) is 18.5 Å². The Bertz CT molecular complexity index is 581. The highest BCUT2D eigenvalue weighted by atomic mass is 16.5. The summed E-state index contributed by atoms with van der Waals surface area (Å²) in [5.74, 6) is 1.85. The van der Waals surface area contributed by atoms with Crippen LogP contribution in [0, 0.1) is 18.8 Å². The number of rotatable bonds is 7. The van der Waals surface area contributed by atoms with E-state index in [0.717, 1.165) is 36.3 Å². The van der Waals surface area contributed by atoms with E-state index >= 15 is 0 Å². The van der Waals surface area contributed by atoms with Crippen molar-refractivity contribution in [3.63, 3.8) is 0 Å². The Balaban J connectivity index is 2.09. The van der Waals surface area contributed by atoms with E-state index in [4.69, 9.17) is 9.47 Å². The number of ether oxygens (including phenoxy) is 2. The average molecular weight is 347 g/mol. The van der Waals surface area contributed by atoms with Gasteiger partial charge in [-0.15, -0.1) is 0 Å². The molecule has 140 valence electrons. The van der Waals surface area contributed by atoms with Crippen molar-refractivity contribution >= 4 is 11.6 Å². The van der Waals surface area contributed by atoms with Crippen LogP contribution in [0.15, 0.2) is 18.2 Å². The Morgan fingerprint density at radius 1 is 1.40 bits per heavy atom. The average Bonchev–Trinajstić information content (AvgIpc) is 2.54. The highest BCUT2D eigenvalue weighted by molar-refractivity contribution is 5.97. The Hall–Kier alpha value is -1.55. The van der Waals surface area contributed by atoms with Crippen LogP contribution < -0.4 is 10.1 Å². The SMILES string of the molecule is CCO[C@]1(C(=O)Nc2ccc(OCC(C)C)c(C)c2)CCC[C@@H](C)C1. The second kappa shape index (κ2) is 8.70. The smallest absolute Gasteiger partial charge is 0.256 e. The van der Waals surface area contributed by atoms with Gasteiger partial charge in [0.1, 0.15) is 11.4 Å². The maximum absolute atomic E-state index is 13.0. The van der Waals surface area contributed by atoms with Crippen molar-refractivity contribution < 1.29 is 14.3 Å². The van der Waals surface area contributed by atoms with Gasteiger partial charge in [-0.2, -0.15) is 0 Å². The zero-order chi connectivity index (χ0) is 18.4. The van der Waals surface area contributed by atoms with Gasteiger partial charge in [0.15, 0.2) is 0 Å². The first kappa shape index (κ1) is 19.8. The molecule has 0 spiro atoms. The molecule has 0 aliphatic heterocycles. The predicted molar refractivity (Wildman–Crippen MR) is 102 cm³/mol. The minimum Gasteiger partial charge on any atom is -0.493 e. The molecule has 1 aliphatic rings. The molecule has 1 N–H and O–H groups in total. The summed E-state index contributed by atoms with van der Waals surface area (Å²) in [6.45, 7) is 11.7. The van der Waals surface area contributed by atoms with E-state index in [-0.39, 0.29) is 5.91 Å². The standard InChI is InChI=1S/C21H33NO3/c1-6-25-21(11-7-8-16(4)13-21)20(23)22-18-9-10-19(17(5)12-18)24-14-15(2)3/h9-10,12,15-16H,6-8,11,13-14H2,1-5H3,(H,22,23)/t16-,21-/m1/s1. The summed E-state index contributed by atoms with van der Waals surface area (Å²) < 4.78 is 11.8. The Kier molecular flexibility index (Phi) is 6.88. The minimum atomic E-state index is -0.687. The van der Waals surface area contributed by atoms with E-state index in [1.807, 2.05) is 32.0 Å². The van der Waals surface area contributed by atoms with Crippen LogP contribution in [0.2, 0.25) is 0 Å². The lowest BCUT2D eigenvalue weighted by Crippen LogP contribution is -2.48. The van der Waals surface area contributed by atoms with Gasteiger partial charge in [0.2, 0.25) is 0 Å². The number of amides is 1. The monoisotopic (exact) mass is 347 g/mol. The largest absolute Gasteiger partial charge is 0.493 e. The molecule has 0 heterocycles. The highest BCUT2D eigenvalue weighted by Crippen LogP contribution is 2.36. The number of hydrogen-bond donors (Lipinski definition) is 1. The fourth-order valence-electron chi connectivity index (χ4n) is 3.57. The second-order valence-corrected chi connectivity index (χ2v) is 7.77. The third kappa shape index (κ3) is 5.21. The molecule has 1 amide bonds. The third-order valence-corrected chi connectivity index (χ3v) is 4.80. The Morgan fingerprint density at radius 2 is 2.16 bits per heavy atom. The van der Waals surface area contributed by atoms with Crippen LogP contribution in [0.25, 0.3) is 0 Å². The summed E-state index contributed by atoms with van der Waals surface area (Å²) in [6.07, 6.45) is 3.80.